The highest BCUT2D eigenvalue weighted by molar-refractivity contribution is 14.0. The lowest BCUT2D eigenvalue weighted by molar-refractivity contribution is -0.0772. The fourth-order valence-corrected chi connectivity index (χ4v) is 4.78. The van der Waals surface area contributed by atoms with Crippen LogP contribution in [-0.2, 0) is 14.8 Å². The number of nitrogens with zero attached hydrogens (tertiary/aromatic N) is 3. The summed E-state index contributed by atoms with van der Waals surface area (Å²) in [7, 11) is -1.25. The third-order valence-corrected chi connectivity index (χ3v) is 6.28. The van der Waals surface area contributed by atoms with Crippen LogP contribution in [0.25, 0.3) is 0 Å². The number of nitrogens with one attached hydrogen (secondary N) is 1. The van der Waals surface area contributed by atoms with Crippen LogP contribution in [-0.4, -0.2) is 80.8 Å². The average molecular weight is 488 g/mol. The third-order valence-electron chi connectivity index (χ3n) is 4.32. The molecule has 0 atom stereocenters. The van der Waals surface area contributed by atoms with Crippen molar-refractivity contribution in [1.82, 2.24) is 14.5 Å². The Balaban J connectivity index is 0.00000312. The van der Waals surface area contributed by atoms with Crippen molar-refractivity contribution in [3.05, 3.63) is 0 Å². The van der Waals surface area contributed by atoms with Crippen molar-refractivity contribution in [2.75, 3.05) is 45.5 Å². The molecule has 0 amide bonds. The summed E-state index contributed by atoms with van der Waals surface area (Å²) >= 11 is 0. The number of hydrogen-bond donors (Lipinski definition) is 1. The van der Waals surface area contributed by atoms with Crippen LogP contribution in [0.4, 0.5) is 0 Å². The molecule has 2 fully saturated rings. The van der Waals surface area contributed by atoms with Crippen LogP contribution in [0.3, 0.4) is 0 Å². The second-order valence-corrected chi connectivity index (χ2v) is 9.55. The zero-order valence-corrected chi connectivity index (χ0v) is 19.0. The Morgan fingerprint density at radius 1 is 1.24 bits per heavy atom. The van der Waals surface area contributed by atoms with Crippen molar-refractivity contribution < 1.29 is 13.2 Å². The van der Waals surface area contributed by atoms with Gasteiger partial charge in [0.25, 0.3) is 0 Å². The Morgan fingerprint density at radius 3 is 2.36 bits per heavy atom. The predicted octanol–water partition coefficient (Wildman–Crippen LogP) is 1.49. The number of likely N-dealkylation sites (tertiary alicyclic amines) is 1. The van der Waals surface area contributed by atoms with Gasteiger partial charge in [-0.1, -0.05) is 0 Å². The molecule has 9 heteroatoms. The van der Waals surface area contributed by atoms with Crippen LogP contribution < -0.4 is 5.32 Å². The molecular weight excluding hydrogens is 455 g/mol. The predicted molar refractivity (Wildman–Crippen MR) is 112 cm³/mol. The molecule has 0 spiro atoms. The molecule has 2 saturated heterocycles. The number of hydrogen-bond acceptors (Lipinski definition) is 4. The van der Waals surface area contributed by atoms with Gasteiger partial charge in [-0.3, -0.25) is 4.99 Å². The Kier molecular flexibility index (Phi) is 8.89. The molecule has 0 bridgehead atoms. The van der Waals surface area contributed by atoms with E-state index >= 15 is 0 Å². The van der Waals surface area contributed by atoms with E-state index in [1.807, 2.05) is 0 Å². The van der Waals surface area contributed by atoms with Crippen LogP contribution in [0.5, 0.6) is 0 Å². The zero-order valence-electron chi connectivity index (χ0n) is 15.8. The number of piperidine rings is 1. The van der Waals surface area contributed by atoms with Crippen molar-refractivity contribution in [3.63, 3.8) is 0 Å². The molecule has 1 N–H and O–H groups in total. The van der Waals surface area contributed by atoms with E-state index in [2.05, 4.69) is 36.0 Å². The van der Waals surface area contributed by atoms with Crippen molar-refractivity contribution in [3.8, 4) is 0 Å². The van der Waals surface area contributed by atoms with Gasteiger partial charge in [-0.15, -0.1) is 24.0 Å². The minimum atomic E-state index is -3.02. The molecule has 2 heterocycles. The maximum Gasteiger partial charge on any atom is 0.214 e. The molecule has 2 aliphatic heterocycles. The van der Waals surface area contributed by atoms with Gasteiger partial charge < -0.3 is 15.0 Å². The number of ether oxygens (including phenoxy) is 1. The Hall–Kier alpha value is -0.130. The highest BCUT2D eigenvalue weighted by Crippen LogP contribution is 2.20. The van der Waals surface area contributed by atoms with Gasteiger partial charge in [-0.25, -0.2) is 12.7 Å². The topological polar surface area (TPSA) is 74.2 Å². The van der Waals surface area contributed by atoms with Gasteiger partial charge in [0.05, 0.1) is 17.5 Å². The van der Waals surface area contributed by atoms with E-state index in [4.69, 9.17) is 4.74 Å². The largest absolute Gasteiger partial charge is 0.372 e. The first-order chi connectivity index (χ1) is 11.2. The van der Waals surface area contributed by atoms with Crippen molar-refractivity contribution >= 4 is 40.0 Å². The van der Waals surface area contributed by atoms with Gasteiger partial charge >= 0.3 is 0 Å². The van der Waals surface area contributed by atoms with E-state index < -0.39 is 10.0 Å². The van der Waals surface area contributed by atoms with Gasteiger partial charge in [0.2, 0.25) is 10.0 Å². The molecule has 0 aromatic carbocycles. The van der Waals surface area contributed by atoms with Crippen LogP contribution in [0, 0.1) is 0 Å². The molecule has 2 aliphatic rings. The minimum Gasteiger partial charge on any atom is -0.372 e. The average Bonchev–Trinajstić information content (AvgIpc) is 2.82. The Labute approximate surface area is 169 Å². The normalized spacial score (nSPS) is 22.7. The third kappa shape index (κ3) is 7.18. The summed E-state index contributed by atoms with van der Waals surface area (Å²) in [5, 5.41) is 3.30. The second-order valence-electron chi connectivity index (χ2n) is 7.46. The summed E-state index contributed by atoms with van der Waals surface area (Å²) in [5.41, 5.74) is -0.103. The Morgan fingerprint density at radius 2 is 1.88 bits per heavy atom. The first kappa shape index (κ1) is 22.9. The van der Waals surface area contributed by atoms with E-state index in [1.165, 1.54) is 0 Å². The van der Waals surface area contributed by atoms with Gasteiger partial charge in [-0.2, -0.15) is 0 Å². The summed E-state index contributed by atoms with van der Waals surface area (Å²) in [6.45, 7) is 9.81. The lowest BCUT2D eigenvalue weighted by Crippen LogP contribution is -2.49. The SMILES string of the molecule is CN=C(NCCN1CCCS1(=O)=O)N1CCC(OC(C)(C)C)CC1.I. The highest BCUT2D eigenvalue weighted by atomic mass is 127. The Bertz CT molecular complexity index is 540. The molecule has 0 radical (unpaired) electrons. The quantitative estimate of drug-likeness (QED) is 0.369. The molecule has 2 rings (SSSR count). The van der Waals surface area contributed by atoms with Crippen LogP contribution in [0.2, 0.25) is 0 Å². The number of rotatable bonds is 4. The van der Waals surface area contributed by atoms with Crippen LogP contribution in [0.1, 0.15) is 40.0 Å². The van der Waals surface area contributed by atoms with E-state index in [9.17, 15) is 8.42 Å². The minimum absolute atomic E-state index is 0. The molecule has 7 nitrogen and oxygen atoms in total. The fraction of sp³-hybridized carbons (Fsp3) is 0.938. The van der Waals surface area contributed by atoms with Crippen molar-refractivity contribution in [1.29, 1.82) is 0 Å². The van der Waals surface area contributed by atoms with Crippen molar-refractivity contribution in [2.45, 2.75) is 51.7 Å². The number of aliphatic imine (C=N–C) groups is 1. The summed E-state index contributed by atoms with van der Waals surface area (Å²) < 4.78 is 31.2. The van der Waals surface area contributed by atoms with E-state index in [1.54, 1.807) is 11.4 Å². The van der Waals surface area contributed by atoms with E-state index in [0.717, 1.165) is 38.3 Å². The first-order valence-corrected chi connectivity index (χ1v) is 10.4. The van der Waals surface area contributed by atoms with Gasteiger partial charge in [0.1, 0.15) is 0 Å². The first-order valence-electron chi connectivity index (χ1n) is 8.82. The van der Waals surface area contributed by atoms with Gasteiger partial charge in [0, 0.05) is 39.8 Å². The van der Waals surface area contributed by atoms with Gasteiger partial charge in [0.15, 0.2) is 5.96 Å². The van der Waals surface area contributed by atoms with Gasteiger partial charge in [-0.05, 0) is 40.0 Å². The summed E-state index contributed by atoms with van der Waals surface area (Å²) in [4.78, 5) is 6.56. The van der Waals surface area contributed by atoms with E-state index in [-0.39, 0.29) is 35.3 Å². The molecule has 0 aromatic heterocycles. The zero-order chi connectivity index (χ0) is 17.8. The summed E-state index contributed by atoms with van der Waals surface area (Å²) in [6, 6.07) is 0. The van der Waals surface area contributed by atoms with Crippen molar-refractivity contribution in [2.24, 2.45) is 4.99 Å². The lowest BCUT2D eigenvalue weighted by Gasteiger charge is -2.37. The molecule has 148 valence electrons. The molecule has 0 aromatic rings. The molecule has 0 unspecified atom stereocenters. The smallest absolute Gasteiger partial charge is 0.214 e. The molecule has 0 aliphatic carbocycles. The maximum atomic E-state index is 11.8. The standard InChI is InChI=1S/C16H32N4O3S.HI/c1-16(2,3)23-14-6-10-19(11-7-14)15(17-4)18-8-12-20-9-5-13-24(20,21)22;/h14H,5-13H2,1-4H3,(H,17,18);1H. The lowest BCUT2D eigenvalue weighted by atomic mass is 10.1. The fourth-order valence-electron chi connectivity index (χ4n) is 3.25. The summed E-state index contributed by atoms with van der Waals surface area (Å²) in [6.07, 6.45) is 3.00. The number of sulfonamides is 1. The molecular formula is C16H33IN4O3S. The van der Waals surface area contributed by atoms with Crippen LogP contribution >= 0.6 is 24.0 Å². The second kappa shape index (κ2) is 9.70. The summed E-state index contributed by atoms with van der Waals surface area (Å²) in [5.74, 6) is 1.13. The molecule has 25 heavy (non-hydrogen) atoms. The van der Waals surface area contributed by atoms with Crippen LogP contribution in [0.15, 0.2) is 4.99 Å². The number of guanidine groups is 1. The molecule has 0 saturated carbocycles. The maximum absolute atomic E-state index is 11.8. The number of halogens is 1. The highest BCUT2D eigenvalue weighted by Gasteiger charge is 2.28. The monoisotopic (exact) mass is 488 g/mol. The van der Waals surface area contributed by atoms with E-state index in [0.29, 0.717) is 25.7 Å².